The molecule has 0 fully saturated rings. The number of carbonyl (C=O) groups excluding carboxylic acids is 1. The molecule has 0 aliphatic rings. The zero-order chi connectivity index (χ0) is 11.3. The summed E-state index contributed by atoms with van der Waals surface area (Å²) in [5, 5.41) is 2.84. The molecule has 1 amide bonds. The van der Waals surface area contributed by atoms with Crippen LogP contribution in [0.4, 0.5) is 0 Å². The minimum Gasteiger partial charge on any atom is -0.354 e. The lowest BCUT2D eigenvalue weighted by molar-refractivity contribution is -0.122. The Hall–Kier alpha value is -1.29. The van der Waals surface area contributed by atoms with Gasteiger partial charge in [-0.05, 0) is 26.0 Å². The van der Waals surface area contributed by atoms with Crippen LogP contribution in [-0.4, -0.2) is 22.6 Å². The maximum atomic E-state index is 11.4. The van der Waals surface area contributed by atoms with Crippen molar-refractivity contribution < 1.29 is 4.79 Å². The Morgan fingerprint density at radius 2 is 2.00 bits per heavy atom. The summed E-state index contributed by atoms with van der Waals surface area (Å²) in [6.45, 7) is 5.13. The summed E-state index contributed by atoms with van der Waals surface area (Å²) in [6.07, 6.45) is 4.30. The molecular formula is C11H19N3O. The smallest absolute Gasteiger partial charge is 0.221 e. The van der Waals surface area contributed by atoms with E-state index in [9.17, 15) is 4.79 Å². The van der Waals surface area contributed by atoms with Gasteiger partial charge in [0.05, 0.1) is 0 Å². The van der Waals surface area contributed by atoms with Crippen LogP contribution in [0.3, 0.4) is 0 Å². The van der Waals surface area contributed by atoms with Gasteiger partial charge in [-0.2, -0.15) is 0 Å². The predicted molar refractivity (Wildman–Crippen MR) is 60.3 cm³/mol. The van der Waals surface area contributed by atoms with Gasteiger partial charge in [0.2, 0.25) is 5.91 Å². The number of carbonyl (C=O) groups is 1. The van der Waals surface area contributed by atoms with E-state index in [0.29, 0.717) is 13.0 Å². The lowest BCUT2D eigenvalue weighted by atomic mass is 10.0. The zero-order valence-corrected chi connectivity index (χ0v) is 9.36. The topological polar surface area (TPSA) is 60.1 Å². The van der Waals surface area contributed by atoms with E-state index < -0.39 is 5.54 Å². The lowest BCUT2D eigenvalue weighted by Gasteiger charge is -2.17. The fraction of sp³-hybridized carbons (Fsp3) is 0.545. The second-order valence-corrected chi connectivity index (χ2v) is 4.44. The molecule has 0 unspecified atom stereocenters. The van der Waals surface area contributed by atoms with Crippen molar-refractivity contribution in [1.29, 1.82) is 0 Å². The molecule has 4 heteroatoms. The van der Waals surface area contributed by atoms with Gasteiger partial charge in [0.25, 0.3) is 0 Å². The molecule has 0 aliphatic heterocycles. The molecule has 0 bridgehead atoms. The van der Waals surface area contributed by atoms with Crippen LogP contribution in [-0.2, 0) is 11.3 Å². The molecule has 84 valence electrons. The second kappa shape index (κ2) is 4.98. The highest BCUT2D eigenvalue weighted by atomic mass is 16.1. The van der Waals surface area contributed by atoms with Crippen molar-refractivity contribution in [2.24, 2.45) is 5.73 Å². The fourth-order valence-electron chi connectivity index (χ4n) is 1.32. The third kappa shape index (κ3) is 5.22. The van der Waals surface area contributed by atoms with Crippen LogP contribution >= 0.6 is 0 Å². The van der Waals surface area contributed by atoms with Gasteiger partial charge in [-0.25, -0.2) is 0 Å². The Morgan fingerprint density at radius 1 is 1.40 bits per heavy atom. The third-order valence-corrected chi connectivity index (χ3v) is 1.97. The number of nitrogens with two attached hydrogens (primary N) is 1. The Balaban J connectivity index is 2.18. The molecule has 0 aromatic carbocycles. The highest BCUT2D eigenvalue weighted by Gasteiger charge is 2.15. The van der Waals surface area contributed by atoms with Crippen LogP contribution in [0.25, 0.3) is 0 Å². The van der Waals surface area contributed by atoms with Crippen molar-refractivity contribution in [2.75, 3.05) is 6.54 Å². The quantitative estimate of drug-likeness (QED) is 0.751. The van der Waals surface area contributed by atoms with Crippen molar-refractivity contribution in [3.8, 4) is 0 Å². The van der Waals surface area contributed by atoms with E-state index in [0.717, 1.165) is 6.54 Å². The Morgan fingerprint density at radius 3 is 2.53 bits per heavy atom. The standard InChI is InChI=1S/C11H19N3O/c1-11(2,12)9-10(15)13-5-8-14-6-3-4-7-14/h3-4,6-7H,5,8-9,12H2,1-2H3,(H,13,15). The third-order valence-electron chi connectivity index (χ3n) is 1.97. The highest BCUT2D eigenvalue weighted by Crippen LogP contribution is 2.02. The van der Waals surface area contributed by atoms with E-state index in [1.165, 1.54) is 0 Å². The highest BCUT2D eigenvalue weighted by molar-refractivity contribution is 5.76. The molecule has 0 spiro atoms. The summed E-state index contributed by atoms with van der Waals surface area (Å²) in [4.78, 5) is 11.4. The maximum absolute atomic E-state index is 11.4. The molecule has 3 N–H and O–H groups in total. The number of hydrogen-bond donors (Lipinski definition) is 2. The van der Waals surface area contributed by atoms with Gasteiger partial charge in [-0.3, -0.25) is 4.79 Å². The van der Waals surface area contributed by atoms with Crippen LogP contribution < -0.4 is 11.1 Å². The van der Waals surface area contributed by atoms with E-state index >= 15 is 0 Å². The summed E-state index contributed by atoms with van der Waals surface area (Å²) in [6, 6.07) is 3.93. The normalized spacial score (nSPS) is 11.4. The molecule has 15 heavy (non-hydrogen) atoms. The van der Waals surface area contributed by atoms with Gasteiger partial charge in [0.15, 0.2) is 0 Å². The molecule has 0 atom stereocenters. The van der Waals surface area contributed by atoms with Crippen LogP contribution in [0.5, 0.6) is 0 Å². The van der Waals surface area contributed by atoms with Gasteiger partial charge in [0.1, 0.15) is 0 Å². The monoisotopic (exact) mass is 209 g/mol. The van der Waals surface area contributed by atoms with Crippen LogP contribution in [0.2, 0.25) is 0 Å². The number of nitrogens with zero attached hydrogens (tertiary/aromatic N) is 1. The zero-order valence-electron chi connectivity index (χ0n) is 9.36. The van der Waals surface area contributed by atoms with E-state index in [-0.39, 0.29) is 5.91 Å². The first-order chi connectivity index (χ1) is 6.97. The number of hydrogen-bond acceptors (Lipinski definition) is 2. The van der Waals surface area contributed by atoms with E-state index in [1.807, 2.05) is 42.9 Å². The lowest BCUT2D eigenvalue weighted by Crippen LogP contribution is -2.39. The summed E-state index contributed by atoms with van der Waals surface area (Å²) in [7, 11) is 0. The summed E-state index contributed by atoms with van der Waals surface area (Å²) >= 11 is 0. The van der Waals surface area contributed by atoms with E-state index in [2.05, 4.69) is 5.32 Å². The van der Waals surface area contributed by atoms with Crippen molar-refractivity contribution >= 4 is 5.91 Å². The maximum Gasteiger partial charge on any atom is 0.221 e. The van der Waals surface area contributed by atoms with Crippen molar-refractivity contribution in [1.82, 2.24) is 9.88 Å². The van der Waals surface area contributed by atoms with Gasteiger partial charge >= 0.3 is 0 Å². The van der Waals surface area contributed by atoms with Crippen molar-refractivity contribution in [3.05, 3.63) is 24.5 Å². The SMILES string of the molecule is CC(C)(N)CC(=O)NCCn1cccc1. The average Bonchev–Trinajstić information content (AvgIpc) is 2.53. The number of rotatable bonds is 5. The number of nitrogens with one attached hydrogen (secondary N) is 1. The second-order valence-electron chi connectivity index (χ2n) is 4.44. The number of aromatic nitrogens is 1. The molecular weight excluding hydrogens is 190 g/mol. The largest absolute Gasteiger partial charge is 0.354 e. The van der Waals surface area contributed by atoms with Gasteiger partial charge in [-0.15, -0.1) is 0 Å². The summed E-state index contributed by atoms with van der Waals surface area (Å²) in [5.74, 6) is 0.00894. The van der Waals surface area contributed by atoms with Crippen LogP contribution in [0.1, 0.15) is 20.3 Å². The van der Waals surface area contributed by atoms with Gasteiger partial charge in [-0.1, -0.05) is 0 Å². The Kier molecular flexibility index (Phi) is 3.91. The molecule has 4 nitrogen and oxygen atoms in total. The first kappa shape index (κ1) is 11.8. The van der Waals surface area contributed by atoms with E-state index in [4.69, 9.17) is 5.73 Å². The average molecular weight is 209 g/mol. The summed E-state index contributed by atoms with van der Waals surface area (Å²) in [5.41, 5.74) is 5.30. The van der Waals surface area contributed by atoms with Crippen molar-refractivity contribution in [3.63, 3.8) is 0 Å². The molecule has 1 heterocycles. The molecule has 0 radical (unpaired) electrons. The Bertz CT molecular complexity index is 298. The minimum atomic E-state index is -0.433. The Labute approximate surface area is 90.5 Å². The molecule has 0 aliphatic carbocycles. The fourth-order valence-corrected chi connectivity index (χ4v) is 1.32. The molecule has 0 saturated carbocycles. The van der Waals surface area contributed by atoms with Gasteiger partial charge < -0.3 is 15.6 Å². The molecule has 1 aromatic rings. The molecule has 1 rings (SSSR count). The molecule has 0 saturated heterocycles. The van der Waals surface area contributed by atoms with Gasteiger partial charge in [0, 0.05) is 37.4 Å². The number of amides is 1. The van der Waals surface area contributed by atoms with Crippen molar-refractivity contribution in [2.45, 2.75) is 32.4 Å². The molecule has 1 aromatic heterocycles. The van der Waals surface area contributed by atoms with Crippen LogP contribution in [0, 0.1) is 0 Å². The summed E-state index contributed by atoms with van der Waals surface area (Å²) < 4.78 is 2.02. The van der Waals surface area contributed by atoms with E-state index in [1.54, 1.807) is 0 Å². The minimum absolute atomic E-state index is 0.00894. The van der Waals surface area contributed by atoms with Crippen LogP contribution in [0.15, 0.2) is 24.5 Å². The first-order valence-electron chi connectivity index (χ1n) is 5.14. The predicted octanol–water partition coefficient (Wildman–Crippen LogP) is 0.732. The first-order valence-corrected chi connectivity index (χ1v) is 5.14.